The van der Waals surface area contributed by atoms with Gasteiger partial charge in [0.25, 0.3) is 0 Å². The van der Waals surface area contributed by atoms with Crippen LogP contribution in [0.15, 0.2) is 35.1 Å². The molecule has 2 aromatic heterocycles. The summed E-state index contributed by atoms with van der Waals surface area (Å²) >= 11 is 1.57. The van der Waals surface area contributed by atoms with Gasteiger partial charge in [-0.25, -0.2) is 4.98 Å². The van der Waals surface area contributed by atoms with Gasteiger partial charge in [0.2, 0.25) is 0 Å². The van der Waals surface area contributed by atoms with Crippen molar-refractivity contribution >= 4 is 32.4 Å². The number of benzene rings is 1. The van der Waals surface area contributed by atoms with Crippen molar-refractivity contribution < 1.29 is 4.52 Å². The van der Waals surface area contributed by atoms with Crippen LogP contribution in [0.25, 0.3) is 10.2 Å². The Bertz CT molecular complexity index is 632. The summed E-state index contributed by atoms with van der Waals surface area (Å²) in [5.74, 6) is 0. The van der Waals surface area contributed by atoms with Crippen molar-refractivity contribution in [2.75, 3.05) is 11.1 Å². The van der Waals surface area contributed by atoms with Gasteiger partial charge >= 0.3 is 0 Å². The third kappa shape index (κ3) is 2.07. The average molecular weight is 246 g/mol. The van der Waals surface area contributed by atoms with Gasteiger partial charge in [-0.1, -0.05) is 16.5 Å². The molecule has 5 nitrogen and oxygen atoms in total. The lowest BCUT2D eigenvalue weighted by molar-refractivity contribution is 0.412. The van der Waals surface area contributed by atoms with Gasteiger partial charge in [-0.15, -0.1) is 0 Å². The molecule has 86 valence electrons. The molecule has 0 spiro atoms. The van der Waals surface area contributed by atoms with Crippen LogP contribution in [0.1, 0.15) is 5.69 Å². The zero-order valence-electron chi connectivity index (χ0n) is 8.88. The van der Waals surface area contributed by atoms with Crippen molar-refractivity contribution in [2.24, 2.45) is 0 Å². The number of hydrogen-bond donors (Lipinski definition) is 2. The molecule has 0 aliphatic heterocycles. The SMILES string of the molecule is Nc1ccc2nc(NCc3ccon3)sc2c1. The van der Waals surface area contributed by atoms with Crippen molar-refractivity contribution in [1.82, 2.24) is 10.1 Å². The number of aromatic nitrogens is 2. The standard InChI is InChI=1S/C11H10N4OS/c12-7-1-2-9-10(5-7)17-11(14-9)13-6-8-3-4-16-15-8/h1-5H,6,12H2,(H,13,14). The summed E-state index contributed by atoms with van der Waals surface area (Å²) in [6, 6.07) is 7.51. The van der Waals surface area contributed by atoms with Crippen molar-refractivity contribution in [3.8, 4) is 0 Å². The summed E-state index contributed by atoms with van der Waals surface area (Å²) in [6.45, 7) is 0.603. The van der Waals surface area contributed by atoms with Crippen LogP contribution >= 0.6 is 11.3 Å². The summed E-state index contributed by atoms with van der Waals surface area (Å²) in [6.07, 6.45) is 1.55. The van der Waals surface area contributed by atoms with Crippen LogP contribution in [0.5, 0.6) is 0 Å². The highest BCUT2D eigenvalue weighted by Gasteiger charge is 2.04. The van der Waals surface area contributed by atoms with Crippen molar-refractivity contribution in [1.29, 1.82) is 0 Å². The van der Waals surface area contributed by atoms with Gasteiger partial charge in [0.1, 0.15) is 12.0 Å². The third-order valence-corrected chi connectivity index (χ3v) is 3.30. The molecule has 0 saturated heterocycles. The van der Waals surface area contributed by atoms with E-state index in [2.05, 4.69) is 15.5 Å². The maximum absolute atomic E-state index is 5.72. The third-order valence-electron chi connectivity index (χ3n) is 2.32. The van der Waals surface area contributed by atoms with E-state index in [1.807, 2.05) is 24.3 Å². The molecular formula is C11H10N4OS. The number of rotatable bonds is 3. The molecule has 0 aliphatic carbocycles. The molecule has 0 fully saturated rings. The van der Waals surface area contributed by atoms with E-state index in [9.17, 15) is 0 Å². The Kier molecular flexibility index (Phi) is 2.41. The van der Waals surface area contributed by atoms with E-state index in [0.29, 0.717) is 6.54 Å². The first-order valence-electron chi connectivity index (χ1n) is 5.10. The van der Waals surface area contributed by atoms with E-state index in [-0.39, 0.29) is 0 Å². The predicted octanol–water partition coefficient (Wildman–Crippen LogP) is 2.48. The average Bonchev–Trinajstić information content (AvgIpc) is 2.94. The van der Waals surface area contributed by atoms with Gasteiger partial charge in [0.05, 0.1) is 16.8 Å². The van der Waals surface area contributed by atoms with Crippen molar-refractivity contribution in [3.05, 3.63) is 36.2 Å². The number of hydrogen-bond acceptors (Lipinski definition) is 6. The molecule has 6 heteroatoms. The zero-order chi connectivity index (χ0) is 11.7. The summed E-state index contributed by atoms with van der Waals surface area (Å²) < 4.78 is 5.83. The fourth-order valence-electron chi connectivity index (χ4n) is 1.51. The van der Waals surface area contributed by atoms with Crippen LogP contribution in [0.3, 0.4) is 0 Å². The lowest BCUT2D eigenvalue weighted by Crippen LogP contribution is -1.98. The molecule has 17 heavy (non-hydrogen) atoms. The molecule has 0 aliphatic rings. The second kappa shape index (κ2) is 4.06. The van der Waals surface area contributed by atoms with Crippen LogP contribution in [-0.2, 0) is 6.54 Å². The summed E-state index contributed by atoms with van der Waals surface area (Å²) in [5.41, 5.74) is 8.28. The molecule has 3 N–H and O–H groups in total. The van der Waals surface area contributed by atoms with E-state index >= 15 is 0 Å². The van der Waals surface area contributed by atoms with Gasteiger partial charge in [-0.3, -0.25) is 0 Å². The molecule has 0 unspecified atom stereocenters. The monoisotopic (exact) mass is 246 g/mol. The number of anilines is 2. The van der Waals surface area contributed by atoms with E-state index in [1.165, 1.54) is 0 Å². The fraction of sp³-hybridized carbons (Fsp3) is 0.0909. The topological polar surface area (TPSA) is 77.0 Å². The summed E-state index contributed by atoms with van der Waals surface area (Å²) in [5, 5.41) is 7.87. The molecule has 1 aromatic carbocycles. The van der Waals surface area contributed by atoms with E-state index in [1.54, 1.807) is 17.6 Å². The number of nitrogens with one attached hydrogen (secondary N) is 1. The van der Waals surface area contributed by atoms with E-state index in [4.69, 9.17) is 10.3 Å². The lowest BCUT2D eigenvalue weighted by Gasteiger charge is -1.96. The maximum atomic E-state index is 5.72. The fourth-order valence-corrected chi connectivity index (χ4v) is 2.42. The molecule has 3 aromatic rings. The molecule has 2 heterocycles. The predicted molar refractivity (Wildman–Crippen MR) is 67.9 cm³/mol. The number of fused-ring (bicyclic) bond motifs is 1. The second-order valence-electron chi connectivity index (χ2n) is 3.59. The Balaban J connectivity index is 1.81. The van der Waals surface area contributed by atoms with Crippen molar-refractivity contribution in [3.63, 3.8) is 0 Å². The number of nitrogen functional groups attached to an aromatic ring is 1. The number of thiazole rings is 1. The Morgan fingerprint density at radius 2 is 2.29 bits per heavy atom. The minimum Gasteiger partial charge on any atom is -0.399 e. The van der Waals surface area contributed by atoms with Gasteiger partial charge in [0.15, 0.2) is 5.13 Å². The Morgan fingerprint density at radius 3 is 3.12 bits per heavy atom. The minimum absolute atomic E-state index is 0.603. The second-order valence-corrected chi connectivity index (χ2v) is 4.62. The highest BCUT2D eigenvalue weighted by Crippen LogP contribution is 2.27. The van der Waals surface area contributed by atoms with Crippen LogP contribution in [-0.4, -0.2) is 10.1 Å². The van der Waals surface area contributed by atoms with Crippen molar-refractivity contribution in [2.45, 2.75) is 6.54 Å². The quantitative estimate of drug-likeness (QED) is 0.694. The molecule has 0 amide bonds. The van der Waals surface area contributed by atoms with Crippen LogP contribution < -0.4 is 11.1 Å². The van der Waals surface area contributed by atoms with Crippen LogP contribution in [0.4, 0.5) is 10.8 Å². The molecule has 0 radical (unpaired) electrons. The molecule has 0 bridgehead atoms. The molecule has 0 saturated carbocycles. The van der Waals surface area contributed by atoms with E-state index < -0.39 is 0 Å². The van der Waals surface area contributed by atoms with Gasteiger partial charge < -0.3 is 15.6 Å². The van der Waals surface area contributed by atoms with E-state index in [0.717, 1.165) is 26.7 Å². The van der Waals surface area contributed by atoms with Crippen LogP contribution in [0, 0.1) is 0 Å². The highest BCUT2D eigenvalue weighted by molar-refractivity contribution is 7.22. The molecular weight excluding hydrogens is 236 g/mol. The lowest BCUT2D eigenvalue weighted by atomic mass is 10.3. The largest absolute Gasteiger partial charge is 0.399 e. The Labute approximate surface area is 101 Å². The highest BCUT2D eigenvalue weighted by atomic mass is 32.1. The number of nitrogens with zero attached hydrogens (tertiary/aromatic N) is 2. The zero-order valence-corrected chi connectivity index (χ0v) is 9.70. The smallest absolute Gasteiger partial charge is 0.184 e. The molecule has 3 rings (SSSR count). The number of nitrogens with two attached hydrogens (primary N) is 1. The first-order valence-corrected chi connectivity index (χ1v) is 5.92. The summed E-state index contributed by atoms with van der Waals surface area (Å²) in [7, 11) is 0. The van der Waals surface area contributed by atoms with Gasteiger partial charge in [-0.05, 0) is 18.2 Å². The minimum atomic E-state index is 0.603. The Morgan fingerprint density at radius 1 is 1.35 bits per heavy atom. The van der Waals surface area contributed by atoms with Gasteiger partial charge in [-0.2, -0.15) is 0 Å². The van der Waals surface area contributed by atoms with Crippen LogP contribution in [0.2, 0.25) is 0 Å². The first-order chi connectivity index (χ1) is 8.31. The maximum Gasteiger partial charge on any atom is 0.184 e. The molecule has 0 atom stereocenters. The Hall–Kier alpha value is -2.08. The first kappa shape index (κ1) is 10.1. The summed E-state index contributed by atoms with van der Waals surface area (Å²) in [4.78, 5) is 4.45. The normalized spacial score (nSPS) is 10.8. The van der Waals surface area contributed by atoms with Gasteiger partial charge in [0, 0.05) is 11.8 Å².